The zero-order valence-corrected chi connectivity index (χ0v) is 9.17. The van der Waals surface area contributed by atoms with Crippen LogP contribution < -0.4 is 0 Å². The molecule has 0 saturated carbocycles. The highest BCUT2D eigenvalue weighted by Gasteiger charge is 2.41. The first-order valence-electron chi connectivity index (χ1n) is 4.62. The second kappa shape index (κ2) is 5.63. The number of alkyl halides is 3. The van der Waals surface area contributed by atoms with Crippen molar-refractivity contribution in [3.05, 3.63) is 0 Å². The second-order valence-corrected chi connectivity index (χ2v) is 4.67. The molecule has 0 aromatic heterocycles. The molecule has 14 heavy (non-hydrogen) atoms. The minimum Gasteiger partial charge on any atom is -0.302 e. The number of carbonyl (C=O) groups excluding carboxylic acids is 1. The van der Waals surface area contributed by atoms with Crippen molar-refractivity contribution >= 4 is 18.0 Å². The van der Waals surface area contributed by atoms with Crippen molar-refractivity contribution in [3.8, 4) is 0 Å². The summed E-state index contributed by atoms with van der Waals surface area (Å²) in [4.78, 5) is 10.7. The van der Waals surface area contributed by atoms with Crippen molar-refractivity contribution in [2.75, 3.05) is 0 Å². The van der Waals surface area contributed by atoms with E-state index in [0.717, 1.165) is 6.42 Å². The molecule has 0 saturated heterocycles. The van der Waals surface area contributed by atoms with Crippen LogP contribution in [0.2, 0.25) is 0 Å². The molecule has 1 nitrogen and oxygen atoms in total. The van der Waals surface area contributed by atoms with E-state index in [1.807, 2.05) is 6.92 Å². The molecule has 0 bridgehead atoms. The van der Waals surface area contributed by atoms with E-state index in [1.165, 1.54) is 0 Å². The third-order valence-corrected chi connectivity index (χ3v) is 3.31. The fraction of sp³-hybridized carbons (Fsp3) is 0.889. The van der Waals surface area contributed by atoms with Crippen LogP contribution in [0.15, 0.2) is 0 Å². The van der Waals surface area contributed by atoms with E-state index < -0.39 is 10.3 Å². The number of rotatable bonds is 6. The lowest BCUT2D eigenvalue weighted by Gasteiger charge is -2.26. The number of halogens is 3. The Morgan fingerprint density at radius 1 is 1.29 bits per heavy atom. The Bertz CT molecular complexity index is 181. The van der Waals surface area contributed by atoms with Crippen LogP contribution in [0.4, 0.5) is 13.2 Å². The van der Waals surface area contributed by atoms with Gasteiger partial charge in [0.15, 0.2) is 0 Å². The fourth-order valence-electron chi connectivity index (χ4n) is 1.17. The minimum absolute atomic E-state index is 0.179. The van der Waals surface area contributed by atoms with Gasteiger partial charge >= 0.3 is 5.51 Å². The number of carbonyl (C=O) groups is 1. The van der Waals surface area contributed by atoms with E-state index >= 15 is 0 Å². The van der Waals surface area contributed by atoms with Crippen molar-refractivity contribution in [2.24, 2.45) is 0 Å². The molecule has 0 radical (unpaired) electrons. The third kappa shape index (κ3) is 4.88. The Balaban J connectivity index is 4.44. The van der Waals surface area contributed by atoms with Gasteiger partial charge in [-0.15, -0.1) is 0 Å². The molecule has 84 valence electrons. The van der Waals surface area contributed by atoms with E-state index in [0.29, 0.717) is 19.1 Å². The van der Waals surface area contributed by atoms with Gasteiger partial charge in [-0.2, -0.15) is 13.2 Å². The average molecular weight is 228 g/mol. The van der Waals surface area contributed by atoms with Gasteiger partial charge in [-0.1, -0.05) is 26.7 Å². The quantitative estimate of drug-likeness (QED) is 0.643. The van der Waals surface area contributed by atoms with Gasteiger partial charge in [-0.25, -0.2) is 0 Å². The standard InChI is InChI=1S/C9H15F3OS/c1-3-5-6-8(4-2,7-13)14-9(10,11)12/h7H,3-6H2,1-2H3. The van der Waals surface area contributed by atoms with Crippen LogP contribution in [0.25, 0.3) is 0 Å². The highest BCUT2D eigenvalue weighted by Crippen LogP contribution is 2.43. The van der Waals surface area contributed by atoms with Crippen molar-refractivity contribution in [1.82, 2.24) is 0 Å². The van der Waals surface area contributed by atoms with Gasteiger partial charge < -0.3 is 4.79 Å². The smallest absolute Gasteiger partial charge is 0.302 e. The summed E-state index contributed by atoms with van der Waals surface area (Å²) in [6, 6.07) is 0. The van der Waals surface area contributed by atoms with Crippen LogP contribution in [0, 0.1) is 0 Å². The average Bonchev–Trinajstić information content (AvgIpc) is 2.10. The third-order valence-electron chi connectivity index (χ3n) is 2.09. The normalized spacial score (nSPS) is 16.4. The van der Waals surface area contributed by atoms with Crippen LogP contribution in [-0.2, 0) is 4.79 Å². The molecule has 5 heteroatoms. The lowest BCUT2D eigenvalue weighted by atomic mass is 10.0. The van der Waals surface area contributed by atoms with Gasteiger partial charge in [0.25, 0.3) is 0 Å². The first-order valence-corrected chi connectivity index (χ1v) is 5.44. The molecule has 0 fully saturated rings. The molecule has 0 N–H and O–H groups in total. The summed E-state index contributed by atoms with van der Waals surface area (Å²) in [5.41, 5.74) is -4.33. The topological polar surface area (TPSA) is 17.1 Å². The van der Waals surface area contributed by atoms with Gasteiger partial charge in [0.05, 0.1) is 4.75 Å². The van der Waals surface area contributed by atoms with Crippen LogP contribution in [0.5, 0.6) is 0 Å². The summed E-state index contributed by atoms with van der Waals surface area (Å²) >= 11 is -0.179. The zero-order valence-electron chi connectivity index (χ0n) is 8.36. The molecule has 1 unspecified atom stereocenters. The number of unbranched alkanes of at least 4 members (excludes halogenated alkanes) is 1. The Morgan fingerprint density at radius 3 is 2.14 bits per heavy atom. The van der Waals surface area contributed by atoms with E-state index in [2.05, 4.69) is 0 Å². The Morgan fingerprint density at radius 2 is 1.86 bits per heavy atom. The van der Waals surface area contributed by atoms with Crippen molar-refractivity contribution in [2.45, 2.75) is 49.8 Å². The highest BCUT2D eigenvalue weighted by atomic mass is 32.2. The monoisotopic (exact) mass is 228 g/mol. The van der Waals surface area contributed by atoms with E-state index in [-0.39, 0.29) is 18.2 Å². The minimum atomic E-state index is -4.33. The van der Waals surface area contributed by atoms with Gasteiger partial charge in [-0.05, 0) is 24.6 Å². The largest absolute Gasteiger partial charge is 0.442 e. The van der Waals surface area contributed by atoms with Crippen molar-refractivity contribution in [3.63, 3.8) is 0 Å². The number of aldehydes is 1. The molecule has 0 aliphatic heterocycles. The molecule has 0 aliphatic carbocycles. The van der Waals surface area contributed by atoms with Crippen LogP contribution in [-0.4, -0.2) is 16.5 Å². The summed E-state index contributed by atoms with van der Waals surface area (Å²) in [5, 5.41) is 0. The van der Waals surface area contributed by atoms with E-state index in [9.17, 15) is 18.0 Å². The number of hydrogen-bond donors (Lipinski definition) is 0. The van der Waals surface area contributed by atoms with Gasteiger partial charge in [0.2, 0.25) is 0 Å². The summed E-state index contributed by atoms with van der Waals surface area (Å²) in [6.45, 7) is 3.51. The molecule has 0 rings (SSSR count). The predicted molar refractivity (Wildman–Crippen MR) is 52.3 cm³/mol. The van der Waals surface area contributed by atoms with Gasteiger partial charge in [-0.3, -0.25) is 0 Å². The van der Waals surface area contributed by atoms with E-state index in [4.69, 9.17) is 0 Å². The highest BCUT2D eigenvalue weighted by molar-refractivity contribution is 8.02. The molecule has 0 aromatic carbocycles. The molecule has 0 amide bonds. The molecular formula is C9H15F3OS. The maximum absolute atomic E-state index is 12.2. The van der Waals surface area contributed by atoms with Crippen molar-refractivity contribution < 1.29 is 18.0 Å². The Kier molecular flexibility index (Phi) is 5.56. The van der Waals surface area contributed by atoms with E-state index in [1.54, 1.807) is 6.92 Å². The molecule has 0 heterocycles. The summed E-state index contributed by atoms with van der Waals surface area (Å²) in [7, 11) is 0. The summed E-state index contributed by atoms with van der Waals surface area (Å²) in [5.74, 6) is 0. The maximum Gasteiger partial charge on any atom is 0.442 e. The zero-order chi connectivity index (χ0) is 11.2. The Hall–Kier alpha value is -0.190. The summed E-state index contributed by atoms with van der Waals surface area (Å²) < 4.78 is 35.2. The summed E-state index contributed by atoms with van der Waals surface area (Å²) in [6.07, 6.45) is 2.42. The predicted octanol–water partition coefficient (Wildman–Crippen LogP) is 3.78. The second-order valence-electron chi connectivity index (χ2n) is 3.19. The van der Waals surface area contributed by atoms with Crippen LogP contribution in [0.3, 0.4) is 0 Å². The lowest BCUT2D eigenvalue weighted by Crippen LogP contribution is -2.29. The number of hydrogen-bond acceptors (Lipinski definition) is 2. The molecular weight excluding hydrogens is 213 g/mol. The lowest BCUT2D eigenvalue weighted by molar-refractivity contribution is -0.110. The first-order chi connectivity index (χ1) is 6.39. The van der Waals surface area contributed by atoms with Gasteiger partial charge in [0.1, 0.15) is 6.29 Å². The van der Waals surface area contributed by atoms with Crippen molar-refractivity contribution in [1.29, 1.82) is 0 Å². The van der Waals surface area contributed by atoms with Crippen LogP contribution in [0.1, 0.15) is 39.5 Å². The SMILES string of the molecule is CCCCC(C=O)(CC)SC(F)(F)F. The van der Waals surface area contributed by atoms with Crippen LogP contribution >= 0.6 is 11.8 Å². The Labute approximate surface area is 86.4 Å². The first kappa shape index (κ1) is 13.8. The van der Waals surface area contributed by atoms with Gasteiger partial charge in [0, 0.05) is 0 Å². The molecule has 1 atom stereocenters. The molecule has 0 aromatic rings. The number of thioether (sulfide) groups is 1. The molecule has 0 spiro atoms. The molecule has 0 aliphatic rings. The maximum atomic E-state index is 12.2. The fourth-order valence-corrected chi connectivity index (χ4v) is 2.07.